The van der Waals surface area contributed by atoms with Crippen LogP contribution in [-0.4, -0.2) is 10.9 Å². The predicted octanol–water partition coefficient (Wildman–Crippen LogP) is 2.98. The quantitative estimate of drug-likeness (QED) is 0.659. The molecule has 0 aliphatic carbocycles. The van der Waals surface area contributed by atoms with Crippen LogP contribution in [0.25, 0.3) is 0 Å². The van der Waals surface area contributed by atoms with Gasteiger partial charge in [0.1, 0.15) is 11.6 Å². The summed E-state index contributed by atoms with van der Waals surface area (Å²) in [6.45, 7) is 3.00. The van der Waals surface area contributed by atoms with Crippen LogP contribution in [0.1, 0.15) is 13.8 Å². The normalized spacial score (nSPS) is 11.2. The lowest BCUT2D eigenvalue weighted by Gasteiger charge is -2.22. The third kappa shape index (κ3) is 3.02. The number of rotatable bonds is 3. The van der Waals surface area contributed by atoms with E-state index in [2.05, 4.69) is 21.2 Å². The molecule has 18 heavy (non-hydrogen) atoms. The molecule has 1 amide bonds. The molecule has 0 saturated heterocycles. The summed E-state index contributed by atoms with van der Waals surface area (Å²) in [6, 6.07) is 1.81. The molecule has 0 bridgehead atoms. The van der Waals surface area contributed by atoms with Crippen molar-refractivity contribution >= 4 is 44.7 Å². The zero-order valence-electron chi connectivity index (χ0n) is 9.68. The number of nitrogens with two attached hydrogens (primary N) is 1. The molecule has 7 heteroatoms. The van der Waals surface area contributed by atoms with Crippen molar-refractivity contribution in [3.8, 4) is 0 Å². The summed E-state index contributed by atoms with van der Waals surface area (Å²) in [4.78, 5) is 11.8. The number of nitrogens with one attached hydrogen (secondary N) is 1. The van der Waals surface area contributed by atoms with Gasteiger partial charge in [-0.3, -0.25) is 4.79 Å². The van der Waals surface area contributed by atoms with Gasteiger partial charge in [-0.05, 0) is 35.8 Å². The molecule has 1 aromatic rings. The molecule has 0 aromatic heterocycles. The van der Waals surface area contributed by atoms with Gasteiger partial charge in [0.15, 0.2) is 0 Å². The summed E-state index contributed by atoms with van der Waals surface area (Å²) >= 11 is 7.59. The van der Waals surface area contributed by atoms with Crippen LogP contribution in [0.3, 0.4) is 0 Å². The molecule has 98 valence electrons. The average Bonchev–Trinajstić information content (AvgIpc) is 2.25. The number of amides is 1. The van der Waals surface area contributed by atoms with Gasteiger partial charge >= 0.3 is 0 Å². The Labute approximate surface area is 117 Å². The van der Waals surface area contributed by atoms with Gasteiger partial charge in [-0.15, -0.1) is 0 Å². The van der Waals surface area contributed by atoms with E-state index in [9.17, 15) is 13.6 Å². The third-order valence-electron chi connectivity index (χ3n) is 2.44. The first-order valence-corrected chi connectivity index (χ1v) is 6.12. The molecule has 1 aromatic carbocycles. The van der Waals surface area contributed by atoms with Crippen molar-refractivity contribution in [1.29, 1.82) is 0 Å². The number of halogens is 3. The Bertz CT molecular complexity index is 520. The van der Waals surface area contributed by atoms with Gasteiger partial charge in [-0.1, -0.05) is 12.2 Å². The summed E-state index contributed by atoms with van der Waals surface area (Å²) in [5.74, 6) is -2.04. The first kappa shape index (κ1) is 15.0. The summed E-state index contributed by atoms with van der Waals surface area (Å²) < 4.78 is 26.7. The Morgan fingerprint density at radius 2 is 1.94 bits per heavy atom. The van der Waals surface area contributed by atoms with E-state index < -0.39 is 23.0 Å². The van der Waals surface area contributed by atoms with Crippen LogP contribution < -0.4 is 11.1 Å². The van der Waals surface area contributed by atoms with Gasteiger partial charge in [0, 0.05) is 6.07 Å². The molecule has 0 heterocycles. The second kappa shape index (κ2) is 5.27. The highest BCUT2D eigenvalue weighted by Crippen LogP contribution is 2.25. The molecule has 0 fully saturated rings. The minimum Gasteiger partial charge on any atom is -0.392 e. The zero-order chi connectivity index (χ0) is 14.1. The Balaban J connectivity index is 3.03. The summed E-state index contributed by atoms with van der Waals surface area (Å²) in [5.41, 5.74) is 4.01. The number of benzene rings is 1. The predicted molar refractivity (Wildman–Crippen MR) is 73.3 cm³/mol. The van der Waals surface area contributed by atoms with Crippen molar-refractivity contribution in [2.75, 3.05) is 5.32 Å². The molecule has 0 unspecified atom stereocenters. The smallest absolute Gasteiger partial charge is 0.236 e. The maximum Gasteiger partial charge on any atom is 0.236 e. The van der Waals surface area contributed by atoms with Crippen LogP contribution >= 0.6 is 28.1 Å². The molecule has 1 rings (SSSR count). The molecule has 3 N–H and O–H groups in total. The lowest BCUT2D eigenvalue weighted by Crippen LogP contribution is -2.41. The molecule has 0 aliphatic heterocycles. The van der Waals surface area contributed by atoms with Crippen molar-refractivity contribution < 1.29 is 13.6 Å². The molecule has 0 atom stereocenters. The number of thiocarbonyl (C=S) groups is 1. The van der Waals surface area contributed by atoms with Gasteiger partial charge in [-0.2, -0.15) is 0 Å². The van der Waals surface area contributed by atoms with E-state index in [0.717, 1.165) is 12.1 Å². The van der Waals surface area contributed by atoms with E-state index in [1.807, 2.05) is 0 Å². The molecule has 0 aliphatic rings. The Morgan fingerprint density at radius 1 is 1.39 bits per heavy atom. The van der Waals surface area contributed by atoms with E-state index in [4.69, 9.17) is 18.0 Å². The van der Waals surface area contributed by atoms with E-state index in [1.165, 1.54) is 13.8 Å². The fraction of sp³-hybridized carbons (Fsp3) is 0.273. The molecule has 3 nitrogen and oxygen atoms in total. The fourth-order valence-corrected chi connectivity index (χ4v) is 1.42. The second-order valence-corrected chi connectivity index (χ2v) is 5.48. The average molecular weight is 337 g/mol. The van der Waals surface area contributed by atoms with Crippen molar-refractivity contribution in [3.05, 3.63) is 28.2 Å². The second-order valence-electron chi connectivity index (χ2n) is 4.19. The van der Waals surface area contributed by atoms with E-state index in [-0.39, 0.29) is 15.1 Å². The van der Waals surface area contributed by atoms with E-state index in [1.54, 1.807) is 0 Å². The topological polar surface area (TPSA) is 55.1 Å². The Hall–Kier alpha value is -1.08. The van der Waals surface area contributed by atoms with Gasteiger partial charge in [-0.25, -0.2) is 8.78 Å². The molecular weight excluding hydrogens is 326 g/mol. The lowest BCUT2D eigenvalue weighted by molar-refractivity contribution is -0.121. The minimum atomic E-state index is -1.15. The van der Waals surface area contributed by atoms with E-state index in [0.29, 0.717) is 0 Å². The van der Waals surface area contributed by atoms with Gasteiger partial charge in [0.05, 0.1) is 20.6 Å². The number of hydrogen-bond acceptors (Lipinski definition) is 2. The Morgan fingerprint density at radius 3 is 2.44 bits per heavy atom. The highest BCUT2D eigenvalue weighted by atomic mass is 79.9. The summed E-state index contributed by atoms with van der Waals surface area (Å²) in [7, 11) is 0. The maximum absolute atomic E-state index is 13.5. The van der Waals surface area contributed by atoms with Crippen molar-refractivity contribution in [1.82, 2.24) is 0 Å². The molecule has 0 spiro atoms. The molecule has 0 saturated carbocycles. The number of carbonyl (C=O) groups excluding carboxylic acids is 1. The first-order chi connectivity index (χ1) is 8.16. The largest absolute Gasteiger partial charge is 0.392 e. The molecule has 0 radical (unpaired) electrons. The van der Waals surface area contributed by atoms with Crippen LogP contribution in [0.4, 0.5) is 14.5 Å². The monoisotopic (exact) mass is 336 g/mol. The van der Waals surface area contributed by atoms with Crippen LogP contribution in [0, 0.1) is 17.0 Å². The van der Waals surface area contributed by atoms with Gasteiger partial charge in [0.25, 0.3) is 0 Å². The summed E-state index contributed by atoms with van der Waals surface area (Å²) in [5, 5.41) is 2.26. The van der Waals surface area contributed by atoms with Gasteiger partial charge in [0.2, 0.25) is 5.91 Å². The highest BCUT2D eigenvalue weighted by molar-refractivity contribution is 9.10. The summed E-state index contributed by atoms with van der Waals surface area (Å²) in [6.07, 6.45) is 0. The van der Waals surface area contributed by atoms with E-state index >= 15 is 0 Å². The van der Waals surface area contributed by atoms with Crippen molar-refractivity contribution in [2.24, 2.45) is 11.1 Å². The van der Waals surface area contributed by atoms with Gasteiger partial charge < -0.3 is 11.1 Å². The van der Waals surface area contributed by atoms with Crippen molar-refractivity contribution in [3.63, 3.8) is 0 Å². The lowest BCUT2D eigenvalue weighted by atomic mass is 9.92. The van der Waals surface area contributed by atoms with Crippen LogP contribution in [0.2, 0.25) is 0 Å². The molecular formula is C11H11BrF2N2OS. The number of carbonyl (C=O) groups is 1. The fourth-order valence-electron chi connectivity index (χ4n) is 1.01. The third-order valence-corrected chi connectivity index (χ3v) is 3.56. The SMILES string of the molecule is CC(C)(C(=O)Nc1cc(F)c(Br)cc1F)C(N)=S. The van der Waals surface area contributed by atoms with Crippen LogP contribution in [0.5, 0.6) is 0 Å². The maximum atomic E-state index is 13.5. The van der Waals surface area contributed by atoms with Crippen molar-refractivity contribution in [2.45, 2.75) is 13.8 Å². The standard InChI is InChI=1S/C11H11BrF2N2OS/c1-11(2,9(15)18)10(17)16-8-4-6(13)5(12)3-7(8)14/h3-4H,1-2H3,(H2,15,18)(H,16,17). The van der Waals surface area contributed by atoms with Crippen LogP contribution in [0.15, 0.2) is 16.6 Å². The first-order valence-electron chi connectivity index (χ1n) is 4.92. The zero-order valence-corrected chi connectivity index (χ0v) is 12.1. The highest BCUT2D eigenvalue weighted by Gasteiger charge is 2.31. The number of hydrogen-bond donors (Lipinski definition) is 2. The van der Waals surface area contributed by atoms with Crippen LogP contribution in [-0.2, 0) is 4.79 Å². The minimum absolute atomic E-state index is 0.0217. The Kier molecular flexibility index (Phi) is 4.39. The number of anilines is 1.